The van der Waals surface area contributed by atoms with E-state index in [1.807, 2.05) is 21.9 Å². The van der Waals surface area contributed by atoms with Crippen molar-refractivity contribution in [1.82, 2.24) is 9.80 Å². The first-order valence-electron chi connectivity index (χ1n) is 10.1. The summed E-state index contributed by atoms with van der Waals surface area (Å²) in [7, 11) is 0. The molecule has 0 spiro atoms. The molecular formula is C22H26N2O5. The van der Waals surface area contributed by atoms with Gasteiger partial charge >= 0.3 is 0 Å². The van der Waals surface area contributed by atoms with Crippen LogP contribution in [0.5, 0.6) is 5.75 Å². The fourth-order valence-corrected chi connectivity index (χ4v) is 3.80. The fourth-order valence-electron chi connectivity index (χ4n) is 3.80. The van der Waals surface area contributed by atoms with E-state index in [2.05, 4.69) is 0 Å². The van der Waals surface area contributed by atoms with Crippen LogP contribution in [0, 0.1) is 5.92 Å². The van der Waals surface area contributed by atoms with Gasteiger partial charge in [0, 0.05) is 37.7 Å². The predicted octanol–water partition coefficient (Wildman–Crippen LogP) is 2.68. The van der Waals surface area contributed by atoms with Crippen molar-refractivity contribution in [3.63, 3.8) is 0 Å². The third-order valence-corrected chi connectivity index (χ3v) is 5.42. The van der Waals surface area contributed by atoms with Gasteiger partial charge in [0.05, 0.1) is 26.1 Å². The Balaban J connectivity index is 1.28. The standard InChI is InChI=1S/C22H26N2O5/c25-21(23-10-13-27-14-11-23)18-5-7-19(8-6-18)29-16-17-3-1-9-24(15-17)22(26)20-4-2-12-28-20/h2,4-8,12,17H,1,3,9-11,13-16H2. The first-order chi connectivity index (χ1) is 14.2. The molecular weight excluding hydrogens is 372 g/mol. The second-order valence-electron chi connectivity index (χ2n) is 7.48. The number of carbonyl (C=O) groups excluding carboxylic acids is 2. The maximum absolute atomic E-state index is 12.5. The summed E-state index contributed by atoms with van der Waals surface area (Å²) >= 11 is 0. The van der Waals surface area contributed by atoms with Crippen molar-refractivity contribution in [2.45, 2.75) is 12.8 Å². The highest BCUT2D eigenvalue weighted by atomic mass is 16.5. The van der Waals surface area contributed by atoms with Crippen molar-refractivity contribution in [2.24, 2.45) is 5.92 Å². The summed E-state index contributed by atoms with van der Waals surface area (Å²) in [5.74, 6) is 1.35. The van der Waals surface area contributed by atoms with Crippen LogP contribution in [0.15, 0.2) is 47.1 Å². The maximum Gasteiger partial charge on any atom is 0.289 e. The Morgan fingerprint density at radius 3 is 2.52 bits per heavy atom. The summed E-state index contributed by atoms with van der Waals surface area (Å²) in [6.07, 6.45) is 3.49. The summed E-state index contributed by atoms with van der Waals surface area (Å²) < 4.78 is 16.5. The number of piperidine rings is 1. The minimum atomic E-state index is -0.0642. The van der Waals surface area contributed by atoms with E-state index in [9.17, 15) is 9.59 Å². The molecule has 4 rings (SSSR count). The van der Waals surface area contributed by atoms with Gasteiger partial charge in [0.25, 0.3) is 11.8 Å². The van der Waals surface area contributed by atoms with Crippen LogP contribution < -0.4 is 4.74 Å². The largest absolute Gasteiger partial charge is 0.493 e. The minimum absolute atomic E-state index is 0.0270. The molecule has 7 nitrogen and oxygen atoms in total. The molecule has 2 aliphatic heterocycles. The molecule has 0 radical (unpaired) electrons. The number of morpholine rings is 1. The van der Waals surface area contributed by atoms with Gasteiger partial charge in [-0.05, 0) is 49.2 Å². The van der Waals surface area contributed by atoms with Crippen LogP contribution in [0.3, 0.4) is 0 Å². The van der Waals surface area contributed by atoms with Gasteiger partial charge in [0.15, 0.2) is 5.76 Å². The number of rotatable bonds is 5. The average molecular weight is 398 g/mol. The molecule has 1 aromatic heterocycles. The average Bonchev–Trinajstić information content (AvgIpc) is 3.33. The molecule has 2 fully saturated rings. The monoisotopic (exact) mass is 398 g/mol. The predicted molar refractivity (Wildman–Crippen MR) is 106 cm³/mol. The van der Waals surface area contributed by atoms with Crippen LogP contribution in [0.1, 0.15) is 33.8 Å². The molecule has 2 amide bonds. The minimum Gasteiger partial charge on any atom is -0.493 e. The summed E-state index contributed by atoms with van der Waals surface area (Å²) in [6.45, 7) is 4.39. The third kappa shape index (κ3) is 4.79. The Kier molecular flexibility index (Phi) is 6.14. The van der Waals surface area contributed by atoms with Gasteiger partial charge in [-0.1, -0.05) is 0 Å². The number of nitrogens with zero attached hydrogens (tertiary/aromatic N) is 2. The van der Waals surface area contributed by atoms with Gasteiger partial charge in [0.2, 0.25) is 0 Å². The van der Waals surface area contributed by atoms with Crippen LogP contribution in [0.25, 0.3) is 0 Å². The number of carbonyl (C=O) groups is 2. The van der Waals surface area contributed by atoms with Gasteiger partial charge in [0.1, 0.15) is 5.75 Å². The Hall–Kier alpha value is -2.80. The number of ether oxygens (including phenoxy) is 2. The first kappa shape index (κ1) is 19.5. The molecule has 154 valence electrons. The Morgan fingerprint density at radius 2 is 1.79 bits per heavy atom. The molecule has 2 aromatic rings. The lowest BCUT2D eigenvalue weighted by Gasteiger charge is -2.32. The summed E-state index contributed by atoms with van der Waals surface area (Å²) in [5, 5.41) is 0. The Bertz CT molecular complexity index is 812. The van der Waals surface area contributed by atoms with Crippen LogP contribution in [-0.2, 0) is 4.74 Å². The van der Waals surface area contributed by atoms with Crippen molar-refractivity contribution in [3.05, 3.63) is 54.0 Å². The topological polar surface area (TPSA) is 72.2 Å². The van der Waals surface area contributed by atoms with E-state index in [0.717, 1.165) is 25.1 Å². The zero-order valence-electron chi connectivity index (χ0n) is 16.4. The molecule has 3 heterocycles. The number of hydrogen-bond acceptors (Lipinski definition) is 5. The SMILES string of the molecule is O=C(c1ccc(OCC2CCCN(C(=O)c3ccco3)C2)cc1)N1CCOCC1. The molecule has 0 bridgehead atoms. The summed E-state index contributed by atoms with van der Waals surface area (Å²) in [6, 6.07) is 10.7. The molecule has 0 N–H and O–H groups in total. The van der Waals surface area contributed by atoms with E-state index in [-0.39, 0.29) is 17.7 Å². The molecule has 0 saturated carbocycles. The Labute approximate surface area is 170 Å². The molecule has 1 aromatic carbocycles. The number of hydrogen-bond donors (Lipinski definition) is 0. The van der Waals surface area contributed by atoms with Crippen molar-refractivity contribution in [1.29, 1.82) is 0 Å². The van der Waals surface area contributed by atoms with Crippen molar-refractivity contribution in [2.75, 3.05) is 46.0 Å². The van der Waals surface area contributed by atoms with Crippen LogP contribution in [0.2, 0.25) is 0 Å². The molecule has 1 unspecified atom stereocenters. The first-order valence-corrected chi connectivity index (χ1v) is 10.1. The smallest absolute Gasteiger partial charge is 0.289 e. The quantitative estimate of drug-likeness (QED) is 0.774. The highest BCUT2D eigenvalue weighted by Crippen LogP contribution is 2.21. The third-order valence-electron chi connectivity index (χ3n) is 5.42. The van der Waals surface area contributed by atoms with Crippen LogP contribution >= 0.6 is 0 Å². The molecule has 7 heteroatoms. The van der Waals surface area contributed by atoms with Crippen LogP contribution in [-0.4, -0.2) is 67.6 Å². The van der Waals surface area contributed by atoms with E-state index in [1.165, 1.54) is 6.26 Å². The number of likely N-dealkylation sites (tertiary alicyclic amines) is 1. The van der Waals surface area contributed by atoms with Gasteiger partial charge in [-0.3, -0.25) is 9.59 Å². The van der Waals surface area contributed by atoms with Gasteiger partial charge in [-0.2, -0.15) is 0 Å². The molecule has 2 saturated heterocycles. The molecule has 1 atom stereocenters. The van der Waals surface area contributed by atoms with E-state index in [1.54, 1.807) is 24.3 Å². The zero-order valence-corrected chi connectivity index (χ0v) is 16.4. The zero-order chi connectivity index (χ0) is 20.1. The van der Waals surface area contributed by atoms with Crippen LogP contribution in [0.4, 0.5) is 0 Å². The molecule has 29 heavy (non-hydrogen) atoms. The lowest BCUT2D eigenvalue weighted by atomic mass is 9.98. The van der Waals surface area contributed by atoms with Crippen molar-refractivity contribution in [3.8, 4) is 5.75 Å². The van der Waals surface area contributed by atoms with E-state index in [4.69, 9.17) is 13.9 Å². The molecule has 2 aliphatic rings. The molecule has 0 aliphatic carbocycles. The summed E-state index contributed by atoms with van der Waals surface area (Å²) in [4.78, 5) is 28.6. The lowest BCUT2D eigenvalue weighted by molar-refractivity contribution is 0.0303. The van der Waals surface area contributed by atoms with E-state index >= 15 is 0 Å². The van der Waals surface area contributed by atoms with Crippen molar-refractivity contribution >= 4 is 11.8 Å². The summed E-state index contributed by atoms with van der Waals surface area (Å²) in [5.41, 5.74) is 0.659. The maximum atomic E-state index is 12.5. The number of benzene rings is 1. The normalized spacial score (nSPS) is 19.8. The highest BCUT2D eigenvalue weighted by Gasteiger charge is 2.26. The second kappa shape index (κ2) is 9.13. The Morgan fingerprint density at radius 1 is 1.00 bits per heavy atom. The van der Waals surface area contributed by atoms with Gasteiger partial charge in [-0.15, -0.1) is 0 Å². The van der Waals surface area contributed by atoms with Crippen molar-refractivity contribution < 1.29 is 23.5 Å². The second-order valence-corrected chi connectivity index (χ2v) is 7.48. The number of amides is 2. The van der Waals surface area contributed by atoms with Gasteiger partial charge < -0.3 is 23.7 Å². The highest BCUT2D eigenvalue weighted by molar-refractivity contribution is 5.94. The van der Waals surface area contributed by atoms with E-state index < -0.39 is 0 Å². The fraction of sp³-hybridized carbons (Fsp3) is 0.455. The van der Waals surface area contributed by atoms with Gasteiger partial charge in [-0.25, -0.2) is 0 Å². The lowest BCUT2D eigenvalue weighted by Crippen LogP contribution is -2.41. The van der Waals surface area contributed by atoms with E-state index in [0.29, 0.717) is 50.8 Å². The number of furan rings is 1.